The summed E-state index contributed by atoms with van der Waals surface area (Å²) in [6.45, 7) is 0. The van der Waals surface area contributed by atoms with Gasteiger partial charge in [-0.15, -0.1) is 0 Å². The van der Waals surface area contributed by atoms with Crippen LogP contribution in [0.4, 0.5) is 0 Å². The Balaban J connectivity index is 0.000000605. The van der Waals surface area contributed by atoms with Gasteiger partial charge in [-0.1, -0.05) is 0 Å². The van der Waals surface area contributed by atoms with Gasteiger partial charge in [0, 0.05) is 0 Å². The molecule has 0 fully saturated rings. The van der Waals surface area contributed by atoms with Crippen molar-refractivity contribution < 1.29 is 0 Å². The minimum absolute atomic E-state index is 0. The molecular formula is C5H7N5S. The third kappa shape index (κ3) is 1.26. The van der Waals surface area contributed by atoms with E-state index in [0.29, 0.717) is 4.77 Å². The van der Waals surface area contributed by atoms with Crippen molar-refractivity contribution in [2.45, 2.75) is 0 Å². The Morgan fingerprint density at radius 3 is 3.00 bits per heavy atom. The summed E-state index contributed by atoms with van der Waals surface area (Å²) in [5.41, 5.74) is 1.62. The topological polar surface area (TPSA) is 92.4 Å². The fourth-order valence-corrected chi connectivity index (χ4v) is 0.908. The standard InChI is InChI=1S/C5H4N4S.H3N/c10-5-6-1-3-4(9-5)8-2-7-3;/h1-2H,(H2,6,7,8,9,10);1H3. The molecule has 0 bridgehead atoms. The first-order chi connectivity index (χ1) is 4.86. The van der Waals surface area contributed by atoms with Gasteiger partial charge in [0.2, 0.25) is 0 Å². The monoisotopic (exact) mass is 169 g/mol. The fourth-order valence-electron chi connectivity index (χ4n) is 0.759. The Labute approximate surface area is 67.5 Å². The van der Waals surface area contributed by atoms with E-state index in [2.05, 4.69) is 19.9 Å². The van der Waals surface area contributed by atoms with Gasteiger partial charge in [0.1, 0.15) is 5.52 Å². The summed E-state index contributed by atoms with van der Waals surface area (Å²) in [6, 6.07) is 0. The first-order valence-electron chi connectivity index (χ1n) is 2.75. The zero-order valence-corrected chi connectivity index (χ0v) is 6.48. The maximum absolute atomic E-state index is 4.78. The van der Waals surface area contributed by atoms with E-state index < -0.39 is 0 Å². The molecule has 58 valence electrons. The molecule has 0 atom stereocenters. The first kappa shape index (κ1) is 7.83. The number of hydrogen-bond acceptors (Lipinski definition) is 4. The molecule has 0 spiro atoms. The smallest absolute Gasteiger partial charge is 0.198 e. The predicted molar refractivity (Wildman–Crippen MR) is 44.1 cm³/mol. The first-order valence-corrected chi connectivity index (χ1v) is 3.15. The summed E-state index contributed by atoms with van der Waals surface area (Å²) in [5, 5.41) is 0. The molecule has 0 aromatic carbocycles. The lowest BCUT2D eigenvalue weighted by molar-refractivity contribution is 1.17. The molecule has 2 aromatic heterocycles. The molecule has 0 saturated carbocycles. The van der Waals surface area contributed by atoms with Gasteiger partial charge in [0.25, 0.3) is 0 Å². The number of nitrogens with zero attached hydrogens (tertiary/aromatic N) is 2. The number of hydrogen-bond donors (Lipinski definition) is 3. The number of H-pyrrole nitrogens is 2. The summed E-state index contributed by atoms with van der Waals surface area (Å²) >= 11 is 4.78. The number of rotatable bonds is 0. The van der Waals surface area contributed by atoms with Crippen molar-refractivity contribution >= 4 is 23.4 Å². The van der Waals surface area contributed by atoms with Gasteiger partial charge in [-0.2, -0.15) is 0 Å². The van der Waals surface area contributed by atoms with Crippen LogP contribution in [0.1, 0.15) is 0 Å². The van der Waals surface area contributed by atoms with Gasteiger partial charge in [-0.25, -0.2) is 9.97 Å². The molecule has 2 aromatic rings. The van der Waals surface area contributed by atoms with Crippen molar-refractivity contribution in [3.05, 3.63) is 17.3 Å². The van der Waals surface area contributed by atoms with Crippen LogP contribution in [0.25, 0.3) is 11.2 Å². The van der Waals surface area contributed by atoms with Crippen LogP contribution in [0.3, 0.4) is 0 Å². The highest BCUT2D eigenvalue weighted by molar-refractivity contribution is 7.71. The normalized spacial score (nSPS) is 9.45. The summed E-state index contributed by atoms with van der Waals surface area (Å²) < 4.78 is 0.458. The molecule has 0 saturated heterocycles. The highest BCUT2D eigenvalue weighted by atomic mass is 32.1. The third-order valence-electron chi connectivity index (χ3n) is 1.21. The SMILES string of the molecule is N.S=c1ncc2[nH]cnc2[nH]1. The Hall–Kier alpha value is -1.27. The molecule has 5 N–H and O–H groups in total. The van der Waals surface area contributed by atoms with E-state index in [1.54, 1.807) is 12.5 Å². The van der Waals surface area contributed by atoms with E-state index in [9.17, 15) is 0 Å². The lowest BCUT2D eigenvalue weighted by atomic mass is 10.6. The van der Waals surface area contributed by atoms with Gasteiger partial charge < -0.3 is 16.1 Å². The van der Waals surface area contributed by atoms with Crippen molar-refractivity contribution in [1.82, 2.24) is 26.1 Å². The Bertz CT molecular complexity index is 402. The van der Waals surface area contributed by atoms with E-state index in [1.807, 2.05) is 0 Å². The van der Waals surface area contributed by atoms with Gasteiger partial charge in [-0.05, 0) is 12.2 Å². The van der Waals surface area contributed by atoms with Gasteiger partial charge in [-0.3, -0.25) is 0 Å². The maximum atomic E-state index is 4.78. The molecule has 5 nitrogen and oxygen atoms in total. The molecule has 2 rings (SSSR count). The molecule has 0 aliphatic heterocycles. The van der Waals surface area contributed by atoms with E-state index in [-0.39, 0.29) is 6.15 Å². The summed E-state index contributed by atoms with van der Waals surface area (Å²) in [7, 11) is 0. The summed E-state index contributed by atoms with van der Waals surface area (Å²) in [5.74, 6) is 0. The molecule has 0 aliphatic carbocycles. The predicted octanol–water partition coefficient (Wildman–Crippen LogP) is 1.18. The molecule has 0 radical (unpaired) electrons. The van der Waals surface area contributed by atoms with Crippen LogP contribution in [0.15, 0.2) is 12.5 Å². The van der Waals surface area contributed by atoms with E-state index in [4.69, 9.17) is 12.2 Å². The van der Waals surface area contributed by atoms with Crippen LogP contribution in [0, 0.1) is 4.77 Å². The van der Waals surface area contributed by atoms with Crippen LogP contribution < -0.4 is 6.15 Å². The second-order valence-electron chi connectivity index (χ2n) is 1.85. The number of aromatic amines is 2. The number of fused-ring (bicyclic) bond motifs is 1. The minimum Gasteiger partial charge on any atom is -0.344 e. The lowest BCUT2D eigenvalue weighted by Crippen LogP contribution is -1.80. The fraction of sp³-hybridized carbons (Fsp3) is 0. The largest absolute Gasteiger partial charge is 0.344 e. The molecule has 0 unspecified atom stereocenters. The summed E-state index contributed by atoms with van der Waals surface area (Å²) in [4.78, 5) is 13.6. The molecule has 6 heteroatoms. The highest BCUT2D eigenvalue weighted by Crippen LogP contribution is 2.00. The molecule has 0 amide bonds. The highest BCUT2D eigenvalue weighted by Gasteiger charge is 1.92. The zero-order chi connectivity index (χ0) is 6.97. The molecular weight excluding hydrogens is 162 g/mol. The van der Waals surface area contributed by atoms with Crippen molar-refractivity contribution in [2.24, 2.45) is 0 Å². The van der Waals surface area contributed by atoms with Crippen LogP contribution in [-0.2, 0) is 0 Å². The number of imidazole rings is 1. The van der Waals surface area contributed by atoms with Crippen molar-refractivity contribution in [3.63, 3.8) is 0 Å². The quantitative estimate of drug-likeness (QED) is 0.516. The average molecular weight is 169 g/mol. The second-order valence-corrected chi connectivity index (χ2v) is 2.24. The number of aromatic nitrogens is 4. The molecule has 2 heterocycles. The van der Waals surface area contributed by atoms with Crippen molar-refractivity contribution in [3.8, 4) is 0 Å². The van der Waals surface area contributed by atoms with Crippen molar-refractivity contribution in [1.29, 1.82) is 0 Å². The Morgan fingerprint density at radius 1 is 1.36 bits per heavy atom. The van der Waals surface area contributed by atoms with Crippen LogP contribution >= 0.6 is 12.2 Å². The van der Waals surface area contributed by atoms with E-state index >= 15 is 0 Å². The Kier molecular flexibility index (Phi) is 1.97. The van der Waals surface area contributed by atoms with Crippen molar-refractivity contribution in [2.75, 3.05) is 0 Å². The lowest BCUT2D eigenvalue weighted by Gasteiger charge is -1.84. The molecule has 11 heavy (non-hydrogen) atoms. The third-order valence-corrected chi connectivity index (χ3v) is 1.41. The van der Waals surface area contributed by atoms with Crippen LogP contribution in [-0.4, -0.2) is 19.9 Å². The minimum atomic E-state index is 0. The van der Waals surface area contributed by atoms with E-state index in [0.717, 1.165) is 11.2 Å². The Morgan fingerprint density at radius 2 is 2.18 bits per heavy atom. The zero-order valence-electron chi connectivity index (χ0n) is 5.66. The van der Waals surface area contributed by atoms with Gasteiger partial charge >= 0.3 is 0 Å². The van der Waals surface area contributed by atoms with Gasteiger partial charge in [0.05, 0.1) is 12.5 Å². The average Bonchev–Trinajstić information content (AvgIpc) is 2.33. The van der Waals surface area contributed by atoms with E-state index in [1.165, 1.54) is 0 Å². The van der Waals surface area contributed by atoms with Crippen LogP contribution in [0.2, 0.25) is 0 Å². The van der Waals surface area contributed by atoms with Gasteiger partial charge in [0.15, 0.2) is 10.4 Å². The second kappa shape index (κ2) is 2.77. The summed E-state index contributed by atoms with van der Waals surface area (Å²) in [6.07, 6.45) is 3.25. The van der Waals surface area contributed by atoms with Crippen LogP contribution in [0.5, 0.6) is 0 Å². The number of nitrogens with one attached hydrogen (secondary N) is 2. The molecule has 0 aliphatic rings. The maximum Gasteiger partial charge on any atom is 0.198 e.